The smallest absolute Gasteiger partial charge is 0.244 e. The van der Waals surface area contributed by atoms with Crippen LogP contribution in [0.25, 0.3) is 0 Å². The Kier molecular flexibility index (Phi) is 3.76. The van der Waals surface area contributed by atoms with Gasteiger partial charge in [-0.3, -0.25) is 10.1 Å². The first-order valence-electron chi connectivity index (χ1n) is 8.32. The van der Waals surface area contributed by atoms with Crippen molar-refractivity contribution in [3.63, 3.8) is 0 Å². The first-order chi connectivity index (χ1) is 11.1. The number of hydrogen-bond acceptors (Lipinski definition) is 4. The highest BCUT2D eigenvalue weighted by atomic mass is 79.9. The number of amides is 1. The molecule has 1 saturated carbocycles. The number of rotatable bonds is 2. The Morgan fingerprint density at radius 3 is 2.83 bits per heavy atom. The van der Waals surface area contributed by atoms with Gasteiger partial charge >= 0.3 is 0 Å². The molecule has 3 aliphatic rings. The Morgan fingerprint density at radius 2 is 2.09 bits per heavy atom. The van der Waals surface area contributed by atoms with E-state index >= 15 is 0 Å². The molecular weight excluding hydrogens is 360 g/mol. The van der Waals surface area contributed by atoms with Gasteiger partial charge in [0.05, 0.1) is 10.0 Å². The summed E-state index contributed by atoms with van der Waals surface area (Å²) in [5.74, 6) is 1.73. The third kappa shape index (κ3) is 2.34. The molecule has 0 radical (unpaired) electrons. The summed E-state index contributed by atoms with van der Waals surface area (Å²) in [7, 11) is 0. The molecule has 2 fully saturated rings. The second kappa shape index (κ2) is 5.67. The van der Waals surface area contributed by atoms with E-state index in [4.69, 9.17) is 9.47 Å². The Labute approximate surface area is 144 Å². The van der Waals surface area contributed by atoms with Gasteiger partial charge < -0.3 is 14.4 Å². The molecule has 5 nitrogen and oxygen atoms in total. The van der Waals surface area contributed by atoms with Gasteiger partial charge in [-0.2, -0.15) is 0 Å². The number of carbonyl (C=O) groups is 1. The van der Waals surface area contributed by atoms with Crippen LogP contribution < -0.4 is 14.8 Å². The number of nitrogens with one attached hydrogen (secondary N) is 1. The predicted octanol–water partition coefficient (Wildman–Crippen LogP) is 3.33. The molecule has 4 rings (SSSR count). The van der Waals surface area contributed by atoms with Gasteiger partial charge in [-0.25, -0.2) is 0 Å². The van der Waals surface area contributed by atoms with Crippen LogP contribution in [0.2, 0.25) is 0 Å². The second-order valence-electron chi connectivity index (χ2n) is 6.52. The third-order valence-electron chi connectivity index (χ3n) is 5.21. The lowest BCUT2D eigenvalue weighted by atomic mass is 9.81. The highest BCUT2D eigenvalue weighted by Crippen LogP contribution is 2.45. The zero-order valence-electron chi connectivity index (χ0n) is 13.2. The van der Waals surface area contributed by atoms with E-state index in [0.717, 1.165) is 47.2 Å². The summed E-state index contributed by atoms with van der Waals surface area (Å²) in [6, 6.07) is 4.02. The molecule has 6 heteroatoms. The maximum Gasteiger partial charge on any atom is 0.244 e. The zero-order chi connectivity index (χ0) is 16.0. The van der Waals surface area contributed by atoms with E-state index in [2.05, 4.69) is 21.2 Å². The SMILES string of the molecule is CCN1C(=O)C2(CCCCC2)NC1c1cc(Br)c2c(c1)OCO2. The molecule has 1 saturated heterocycles. The number of nitrogens with zero attached hydrogens (tertiary/aromatic N) is 1. The van der Waals surface area contributed by atoms with E-state index in [1.54, 1.807) is 0 Å². The lowest BCUT2D eigenvalue weighted by molar-refractivity contribution is -0.134. The summed E-state index contributed by atoms with van der Waals surface area (Å²) in [6.45, 7) is 2.98. The van der Waals surface area contributed by atoms with Crippen molar-refractivity contribution in [2.75, 3.05) is 13.3 Å². The summed E-state index contributed by atoms with van der Waals surface area (Å²) in [5, 5.41) is 3.65. The van der Waals surface area contributed by atoms with Crippen LogP contribution in [0, 0.1) is 0 Å². The van der Waals surface area contributed by atoms with Crippen molar-refractivity contribution in [1.82, 2.24) is 10.2 Å². The van der Waals surface area contributed by atoms with Crippen molar-refractivity contribution in [1.29, 1.82) is 0 Å². The monoisotopic (exact) mass is 380 g/mol. The lowest BCUT2D eigenvalue weighted by Gasteiger charge is -2.31. The Balaban J connectivity index is 1.71. The van der Waals surface area contributed by atoms with Gasteiger partial charge in [-0.15, -0.1) is 0 Å². The molecule has 0 aromatic heterocycles. The molecule has 2 aliphatic heterocycles. The van der Waals surface area contributed by atoms with Crippen LogP contribution in [0.4, 0.5) is 0 Å². The molecule has 1 aromatic carbocycles. The molecule has 0 bridgehead atoms. The molecule has 1 atom stereocenters. The van der Waals surface area contributed by atoms with Crippen molar-refractivity contribution in [3.05, 3.63) is 22.2 Å². The van der Waals surface area contributed by atoms with E-state index in [1.807, 2.05) is 24.0 Å². The summed E-state index contributed by atoms with van der Waals surface area (Å²) in [6.07, 6.45) is 5.23. The third-order valence-corrected chi connectivity index (χ3v) is 5.80. The standard InChI is InChI=1S/C17H21BrN2O3/c1-2-20-15(19-17(16(20)21)6-4-3-5-7-17)11-8-12(18)14-13(9-11)22-10-23-14/h8-9,15,19H,2-7,10H2,1H3. The van der Waals surface area contributed by atoms with Crippen molar-refractivity contribution in [2.24, 2.45) is 0 Å². The average Bonchev–Trinajstić information content (AvgIpc) is 3.13. The molecule has 1 unspecified atom stereocenters. The normalized spacial score (nSPS) is 25.4. The first-order valence-corrected chi connectivity index (χ1v) is 9.12. The van der Waals surface area contributed by atoms with Crippen molar-refractivity contribution >= 4 is 21.8 Å². The summed E-state index contributed by atoms with van der Waals surface area (Å²) >= 11 is 3.55. The molecule has 124 valence electrons. The van der Waals surface area contributed by atoms with Crippen LogP contribution in [-0.2, 0) is 4.79 Å². The topological polar surface area (TPSA) is 50.8 Å². The van der Waals surface area contributed by atoms with Crippen LogP contribution in [0.5, 0.6) is 11.5 Å². The maximum absolute atomic E-state index is 13.0. The van der Waals surface area contributed by atoms with Gasteiger partial charge in [-0.1, -0.05) is 19.3 Å². The highest BCUT2D eigenvalue weighted by molar-refractivity contribution is 9.10. The van der Waals surface area contributed by atoms with Crippen LogP contribution in [0.1, 0.15) is 50.8 Å². The van der Waals surface area contributed by atoms with Gasteiger partial charge in [-0.05, 0) is 53.4 Å². The fraction of sp³-hybridized carbons (Fsp3) is 0.588. The minimum absolute atomic E-state index is 0.101. The quantitative estimate of drug-likeness (QED) is 0.854. The number of benzene rings is 1. The lowest BCUT2D eigenvalue weighted by Crippen LogP contribution is -2.48. The predicted molar refractivity (Wildman–Crippen MR) is 89.3 cm³/mol. The fourth-order valence-electron chi connectivity index (χ4n) is 4.04. The Morgan fingerprint density at radius 1 is 1.30 bits per heavy atom. The van der Waals surface area contributed by atoms with E-state index in [0.29, 0.717) is 6.54 Å². The molecule has 23 heavy (non-hydrogen) atoms. The Hall–Kier alpha value is -1.27. The fourth-order valence-corrected chi connectivity index (χ4v) is 4.62. The average molecular weight is 381 g/mol. The van der Waals surface area contributed by atoms with E-state index < -0.39 is 0 Å². The van der Waals surface area contributed by atoms with Crippen LogP contribution >= 0.6 is 15.9 Å². The van der Waals surface area contributed by atoms with Gasteiger partial charge in [0.1, 0.15) is 6.17 Å². The van der Waals surface area contributed by atoms with E-state index in [1.165, 1.54) is 6.42 Å². The summed E-state index contributed by atoms with van der Waals surface area (Å²) in [5.41, 5.74) is 0.667. The van der Waals surface area contributed by atoms with Crippen LogP contribution in [0.15, 0.2) is 16.6 Å². The van der Waals surface area contributed by atoms with Gasteiger partial charge in [0.15, 0.2) is 11.5 Å². The molecule has 1 amide bonds. The van der Waals surface area contributed by atoms with Crippen LogP contribution in [-0.4, -0.2) is 29.7 Å². The largest absolute Gasteiger partial charge is 0.454 e. The number of carbonyl (C=O) groups excluding carboxylic acids is 1. The Bertz CT molecular complexity index is 643. The second-order valence-corrected chi connectivity index (χ2v) is 7.37. The molecule has 2 heterocycles. The van der Waals surface area contributed by atoms with Crippen molar-refractivity contribution in [2.45, 2.75) is 50.7 Å². The van der Waals surface area contributed by atoms with Crippen molar-refractivity contribution in [3.8, 4) is 11.5 Å². The molecule has 1 spiro atoms. The number of hydrogen-bond donors (Lipinski definition) is 1. The number of halogens is 1. The number of fused-ring (bicyclic) bond motifs is 1. The minimum Gasteiger partial charge on any atom is -0.454 e. The summed E-state index contributed by atoms with van der Waals surface area (Å²) < 4.78 is 11.9. The number of likely N-dealkylation sites (N-methyl/N-ethyl adjacent to an activating group) is 1. The van der Waals surface area contributed by atoms with E-state index in [9.17, 15) is 4.79 Å². The van der Waals surface area contributed by atoms with Gasteiger partial charge in [0.25, 0.3) is 0 Å². The zero-order valence-corrected chi connectivity index (χ0v) is 14.8. The van der Waals surface area contributed by atoms with Gasteiger partial charge in [0.2, 0.25) is 12.7 Å². The highest BCUT2D eigenvalue weighted by Gasteiger charge is 2.51. The van der Waals surface area contributed by atoms with Gasteiger partial charge in [0, 0.05) is 6.54 Å². The molecular formula is C17H21BrN2O3. The van der Waals surface area contributed by atoms with Crippen molar-refractivity contribution < 1.29 is 14.3 Å². The number of ether oxygens (including phenoxy) is 2. The van der Waals surface area contributed by atoms with Crippen LogP contribution in [0.3, 0.4) is 0 Å². The van der Waals surface area contributed by atoms with E-state index in [-0.39, 0.29) is 24.4 Å². The molecule has 1 N–H and O–H groups in total. The minimum atomic E-state index is -0.373. The maximum atomic E-state index is 13.0. The molecule has 1 aromatic rings. The summed E-state index contributed by atoms with van der Waals surface area (Å²) in [4.78, 5) is 15.0. The molecule has 1 aliphatic carbocycles. The first kappa shape index (κ1) is 15.3.